The summed E-state index contributed by atoms with van der Waals surface area (Å²) in [7, 11) is 0. The summed E-state index contributed by atoms with van der Waals surface area (Å²) in [5.41, 5.74) is 5.39. The van der Waals surface area contributed by atoms with E-state index in [1.807, 2.05) is 0 Å². The normalized spacial score (nSPS) is 23.4. The molecule has 5 heteroatoms. The van der Waals surface area contributed by atoms with Crippen LogP contribution >= 0.6 is 0 Å². The number of carbonyl (C=O) groups is 1. The molecule has 0 atom stereocenters. The quantitative estimate of drug-likeness (QED) is 0.689. The maximum atomic E-state index is 11.6. The minimum Gasteiger partial charge on any atom is -0.381 e. The molecular weight excluding hydrogens is 220 g/mol. The van der Waals surface area contributed by atoms with Crippen LogP contribution in [0.15, 0.2) is 0 Å². The van der Waals surface area contributed by atoms with E-state index in [9.17, 15) is 4.79 Å². The Bertz CT molecular complexity index is 260. The summed E-state index contributed by atoms with van der Waals surface area (Å²) in [6.45, 7) is 2.69. The van der Waals surface area contributed by atoms with Gasteiger partial charge < -0.3 is 20.5 Å². The van der Waals surface area contributed by atoms with Crippen molar-refractivity contribution in [3.05, 3.63) is 0 Å². The molecule has 17 heavy (non-hydrogen) atoms. The maximum absolute atomic E-state index is 11.6. The first-order chi connectivity index (χ1) is 8.24. The Balaban J connectivity index is 1.68. The third-order valence-electron chi connectivity index (χ3n) is 3.57. The van der Waals surface area contributed by atoms with E-state index in [0.717, 1.165) is 19.4 Å². The lowest BCUT2D eigenvalue weighted by Gasteiger charge is -2.35. The average Bonchev–Trinajstić information content (AvgIpc) is 3.19. The van der Waals surface area contributed by atoms with Gasteiger partial charge in [-0.15, -0.1) is 0 Å². The molecule has 1 saturated heterocycles. The average molecular weight is 242 g/mol. The van der Waals surface area contributed by atoms with Crippen molar-refractivity contribution >= 4 is 5.91 Å². The van der Waals surface area contributed by atoms with Gasteiger partial charge in [0, 0.05) is 39.1 Å². The van der Waals surface area contributed by atoms with Crippen molar-refractivity contribution in [2.45, 2.75) is 31.3 Å². The molecular formula is C12H22N2O3. The SMILES string of the molecule is NCC1(OCC(=O)NCC2CC2)CCOCC1. The highest BCUT2D eigenvalue weighted by atomic mass is 16.5. The topological polar surface area (TPSA) is 73.6 Å². The van der Waals surface area contributed by atoms with Crippen LogP contribution in [0.4, 0.5) is 0 Å². The molecule has 0 aromatic rings. The van der Waals surface area contributed by atoms with Gasteiger partial charge in [0.05, 0.1) is 5.60 Å². The molecule has 2 fully saturated rings. The van der Waals surface area contributed by atoms with Crippen LogP contribution in [0.1, 0.15) is 25.7 Å². The first-order valence-electron chi connectivity index (χ1n) is 6.43. The second-order valence-corrected chi connectivity index (χ2v) is 5.04. The van der Waals surface area contributed by atoms with Crippen molar-refractivity contribution in [2.24, 2.45) is 11.7 Å². The monoisotopic (exact) mass is 242 g/mol. The highest BCUT2D eigenvalue weighted by Crippen LogP contribution is 2.27. The largest absolute Gasteiger partial charge is 0.381 e. The molecule has 2 aliphatic rings. The van der Waals surface area contributed by atoms with E-state index < -0.39 is 0 Å². The van der Waals surface area contributed by atoms with Gasteiger partial charge in [-0.25, -0.2) is 0 Å². The van der Waals surface area contributed by atoms with Crippen LogP contribution in [-0.4, -0.2) is 44.4 Å². The standard InChI is InChI=1S/C12H22N2O3/c13-9-12(3-5-16-6-4-12)17-8-11(15)14-7-10-1-2-10/h10H,1-9,13H2,(H,14,15). The second-order valence-electron chi connectivity index (χ2n) is 5.04. The lowest BCUT2D eigenvalue weighted by atomic mass is 9.94. The number of carbonyl (C=O) groups excluding carboxylic acids is 1. The van der Waals surface area contributed by atoms with Gasteiger partial charge in [0.15, 0.2) is 0 Å². The molecule has 1 amide bonds. The minimum atomic E-state index is -0.352. The number of nitrogens with one attached hydrogen (secondary N) is 1. The van der Waals surface area contributed by atoms with Gasteiger partial charge in [-0.1, -0.05) is 0 Å². The third kappa shape index (κ3) is 3.94. The molecule has 0 aromatic heterocycles. The Morgan fingerprint density at radius 2 is 2.12 bits per heavy atom. The maximum Gasteiger partial charge on any atom is 0.246 e. The zero-order chi connectivity index (χ0) is 12.1. The molecule has 1 heterocycles. The van der Waals surface area contributed by atoms with E-state index in [1.165, 1.54) is 12.8 Å². The molecule has 5 nitrogen and oxygen atoms in total. The number of nitrogens with two attached hydrogens (primary N) is 1. The predicted octanol–water partition coefficient (Wildman–Crippen LogP) is 0.0371. The fraction of sp³-hybridized carbons (Fsp3) is 0.917. The van der Waals surface area contributed by atoms with Crippen molar-refractivity contribution in [1.29, 1.82) is 0 Å². The van der Waals surface area contributed by atoms with Crippen LogP contribution in [0, 0.1) is 5.92 Å². The summed E-state index contributed by atoms with van der Waals surface area (Å²) in [5.74, 6) is 0.668. The highest BCUT2D eigenvalue weighted by Gasteiger charge is 2.32. The van der Waals surface area contributed by atoms with Crippen molar-refractivity contribution < 1.29 is 14.3 Å². The Kier molecular flexibility index (Phi) is 4.36. The van der Waals surface area contributed by atoms with E-state index in [0.29, 0.717) is 25.7 Å². The van der Waals surface area contributed by atoms with Crippen molar-refractivity contribution in [2.75, 3.05) is 32.9 Å². The Morgan fingerprint density at radius 3 is 2.71 bits per heavy atom. The van der Waals surface area contributed by atoms with E-state index in [1.54, 1.807) is 0 Å². The molecule has 98 valence electrons. The molecule has 0 bridgehead atoms. The molecule has 1 aliphatic heterocycles. The number of hydrogen-bond donors (Lipinski definition) is 2. The fourth-order valence-electron chi connectivity index (χ4n) is 2.00. The molecule has 0 radical (unpaired) electrons. The van der Waals surface area contributed by atoms with E-state index in [2.05, 4.69) is 5.32 Å². The van der Waals surface area contributed by atoms with E-state index >= 15 is 0 Å². The first-order valence-corrected chi connectivity index (χ1v) is 6.43. The van der Waals surface area contributed by atoms with Gasteiger partial charge in [-0.2, -0.15) is 0 Å². The second kappa shape index (κ2) is 5.80. The zero-order valence-corrected chi connectivity index (χ0v) is 10.2. The Morgan fingerprint density at radius 1 is 1.41 bits per heavy atom. The van der Waals surface area contributed by atoms with Crippen LogP contribution in [0.2, 0.25) is 0 Å². The number of hydrogen-bond acceptors (Lipinski definition) is 4. The van der Waals surface area contributed by atoms with Gasteiger partial charge in [-0.3, -0.25) is 4.79 Å². The van der Waals surface area contributed by atoms with E-state index in [-0.39, 0.29) is 18.1 Å². The van der Waals surface area contributed by atoms with Crippen LogP contribution in [0.5, 0.6) is 0 Å². The van der Waals surface area contributed by atoms with Gasteiger partial charge in [-0.05, 0) is 18.8 Å². The number of rotatable bonds is 6. The molecule has 0 aromatic carbocycles. The minimum absolute atomic E-state index is 0.0313. The van der Waals surface area contributed by atoms with Gasteiger partial charge in [0.25, 0.3) is 0 Å². The zero-order valence-electron chi connectivity index (χ0n) is 10.2. The smallest absolute Gasteiger partial charge is 0.246 e. The molecule has 2 rings (SSSR count). The van der Waals surface area contributed by atoms with Crippen LogP contribution in [-0.2, 0) is 14.3 Å². The van der Waals surface area contributed by atoms with Gasteiger partial charge >= 0.3 is 0 Å². The Labute approximate surface area is 102 Å². The molecule has 3 N–H and O–H groups in total. The third-order valence-corrected chi connectivity index (χ3v) is 3.57. The summed E-state index contributed by atoms with van der Waals surface area (Å²) in [6, 6.07) is 0. The summed E-state index contributed by atoms with van der Waals surface area (Å²) in [4.78, 5) is 11.6. The number of ether oxygens (including phenoxy) is 2. The number of amides is 1. The molecule has 0 unspecified atom stereocenters. The Hall–Kier alpha value is -0.650. The molecule has 0 spiro atoms. The summed E-state index contributed by atoms with van der Waals surface area (Å²) in [6.07, 6.45) is 4.04. The summed E-state index contributed by atoms with van der Waals surface area (Å²) >= 11 is 0. The fourth-order valence-corrected chi connectivity index (χ4v) is 2.00. The molecule has 1 aliphatic carbocycles. The van der Waals surface area contributed by atoms with Gasteiger partial charge in [0.1, 0.15) is 6.61 Å². The first kappa shape index (κ1) is 12.8. The molecule has 1 saturated carbocycles. The van der Waals surface area contributed by atoms with Crippen LogP contribution in [0.25, 0.3) is 0 Å². The predicted molar refractivity (Wildman–Crippen MR) is 63.5 cm³/mol. The van der Waals surface area contributed by atoms with E-state index in [4.69, 9.17) is 15.2 Å². The lowest BCUT2D eigenvalue weighted by molar-refractivity contribution is -0.141. The summed E-state index contributed by atoms with van der Waals surface area (Å²) < 4.78 is 11.0. The van der Waals surface area contributed by atoms with Gasteiger partial charge in [0.2, 0.25) is 5.91 Å². The lowest BCUT2D eigenvalue weighted by Crippen LogP contribution is -2.47. The van der Waals surface area contributed by atoms with Crippen LogP contribution in [0.3, 0.4) is 0 Å². The van der Waals surface area contributed by atoms with Crippen molar-refractivity contribution in [1.82, 2.24) is 5.32 Å². The van der Waals surface area contributed by atoms with Crippen molar-refractivity contribution in [3.63, 3.8) is 0 Å². The highest BCUT2D eigenvalue weighted by molar-refractivity contribution is 5.77. The summed E-state index contributed by atoms with van der Waals surface area (Å²) in [5, 5.41) is 2.89. The van der Waals surface area contributed by atoms with Crippen LogP contribution < -0.4 is 11.1 Å². The van der Waals surface area contributed by atoms with Crippen molar-refractivity contribution in [3.8, 4) is 0 Å².